The molecule has 4 nitrogen and oxygen atoms in total. The van der Waals surface area contributed by atoms with E-state index in [9.17, 15) is 0 Å². The number of nitrogens with one attached hydrogen (secondary N) is 1. The summed E-state index contributed by atoms with van der Waals surface area (Å²) in [6, 6.07) is 6.03. The highest BCUT2D eigenvalue weighted by Crippen LogP contribution is 2.37. The molecule has 0 radical (unpaired) electrons. The molecule has 0 bridgehead atoms. The van der Waals surface area contributed by atoms with E-state index < -0.39 is 0 Å². The summed E-state index contributed by atoms with van der Waals surface area (Å²) >= 11 is 1.78. The smallest absolute Gasteiger partial charge is 0.231 e. The Morgan fingerprint density at radius 1 is 1.27 bits per heavy atom. The van der Waals surface area contributed by atoms with Crippen LogP contribution in [0.5, 0.6) is 11.5 Å². The molecule has 0 saturated carbocycles. The fraction of sp³-hybridized carbons (Fsp3) is 0.471. The van der Waals surface area contributed by atoms with Crippen molar-refractivity contribution in [2.45, 2.75) is 27.2 Å². The van der Waals surface area contributed by atoms with Gasteiger partial charge in [-0.25, -0.2) is 4.98 Å². The summed E-state index contributed by atoms with van der Waals surface area (Å²) in [5.41, 5.74) is 2.15. The highest BCUT2D eigenvalue weighted by Gasteiger charge is 2.16. The summed E-state index contributed by atoms with van der Waals surface area (Å²) in [4.78, 5) is 6.05. The minimum atomic E-state index is 0.307. The number of aromatic nitrogens is 1. The van der Waals surface area contributed by atoms with Crippen LogP contribution in [0.4, 0.5) is 0 Å². The molecule has 3 rings (SSSR count). The Hall–Kier alpha value is -1.59. The molecule has 118 valence electrons. The lowest BCUT2D eigenvalue weighted by atomic mass is 10.1. The van der Waals surface area contributed by atoms with Crippen LogP contribution in [0.15, 0.2) is 18.2 Å². The van der Waals surface area contributed by atoms with Crippen molar-refractivity contribution in [3.8, 4) is 22.8 Å². The zero-order valence-corrected chi connectivity index (χ0v) is 14.1. The van der Waals surface area contributed by atoms with Gasteiger partial charge in [-0.1, -0.05) is 13.8 Å². The molecule has 0 amide bonds. The van der Waals surface area contributed by atoms with Crippen LogP contribution in [-0.2, 0) is 6.42 Å². The Bertz CT molecular complexity index is 652. The molecule has 2 aromatic rings. The first-order valence-electron chi connectivity index (χ1n) is 7.70. The molecule has 0 spiro atoms. The molecular weight excluding hydrogens is 296 g/mol. The quantitative estimate of drug-likeness (QED) is 0.826. The molecule has 0 saturated heterocycles. The number of thiazole rings is 1. The van der Waals surface area contributed by atoms with Crippen molar-refractivity contribution in [1.29, 1.82) is 0 Å². The lowest BCUT2D eigenvalue weighted by Crippen LogP contribution is -2.22. The van der Waals surface area contributed by atoms with E-state index in [1.54, 1.807) is 11.3 Å². The standard InChI is InChI=1S/C17H22N2O2S/c1-11(2)9-18-7-6-16-19-17(12(3)22-16)13-4-5-14-15(8-13)21-10-20-14/h4-5,8,11,18H,6-7,9-10H2,1-3H3. The van der Waals surface area contributed by atoms with Crippen molar-refractivity contribution >= 4 is 11.3 Å². The van der Waals surface area contributed by atoms with Crippen LogP contribution < -0.4 is 14.8 Å². The van der Waals surface area contributed by atoms with Crippen molar-refractivity contribution in [3.05, 3.63) is 28.1 Å². The van der Waals surface area contributed by atoms with Gasteiger partial charge in [0, 0.05) is 23.4 Å². The Morgan fingerprint density at radius 2 is 2.09 bits per heavy atom. The van der Waals surface area contributed by atoms with Crippen LogP contribution in [0.2, 0.25) is 0 Å². The molecule has 0 atom stereocenters. The highest BCUT2D eigenvalue weighted by molar-refractivity contribution is 7.12. The molecule has 0 fully saturated rings. The fourth-order valence-electron chi connectivity index (χ4n) is 2.46. The first-order chi connectivity index (χ1) is 10.6. The lowest BCUT2D eigenvalue weighted by Gasteiger charge is -2.05. The molecule has 1 N–H and O–H groups in total. The molecule has 22 heavy (non-hydrogen) atoms. The van der Waals surface area contributed by atoms with Crippen LogP contribution in [-0.4, -0.2) is 24.9 Å². The summed E-state index contributed by atoms with van der Waals surface area (Å²) in [5.74, 6) is 2.31. The van der Waals surface area contributed by atoms with Crippen LogP contribution in [0, 0.1) is 12.8 Å². The molecule has 2 heterocycles. The topological polar surface area (TPSA) is 43.4 Å². The number of hydrogen-bond donors (Lipinski definition) is 1. The van der Waals surface area contributed by atoms with E-state index >= 15 is 0 Å². The van der Waals surface area contributed by atoms with E-state index in [1.165, 1.54) is 9.88 Å². The van der Waals surface area contributed by atoms with Crippen molar-refractivity contribution in [3.63, 3.8) is 0 Å². The lowest BCUT2D eigenvalue weighted by molar-refractivity contribution is 0.174. The summed E-state index contributed by atoms with van der Waals surface area (Å²) in [7, 11) is 0. The van der Waals surface area contributed by atoms with Gasteiger partial charge in [-0.15, -0.1) is 11.3 Å². The number of benzene rings is 1. The van der Waals surface area contributed by atoms with Crippen molar-refractivity contribution in [2.75, 3.05) is 19.9 Å². The van der Waals surface area contributed by atoms with Crippen LogP contribution in [0.25, 0.3) is 11.3 Å². The van der Waals surface area contributed by atoms with Gasteiger partial charge < -0.3 is 14.8 Å². The monoisotopic (exact) mass is 318 g/mol. The number of ether oxygens (including phenoxy) is 2. The molecule has 5 heteroatoms. The van der Waals surface area contributed by atoms with Crippen LogP contribution in [0.3, 0.4) is 0 Å². The number of nitrogens with zero attached hydrogens (tertiary/aromatic N) is 1. The highest BCUT2D eigenvalue weighted by atomic mass is 32.1. The van der Waals surface area contributed by atoms with E-state index in [4.69, 9.17) is 14.5 Å². The summed E-state index contributed by atoms with van der Waals surface area (Å²) < 4.78 is 10.8. The van der Waals surface area contributed by atoms with Gasteiger partial charge in [-0.05, 0) is 37.6 Å². The van der Waals surface area contributed by atoms with Gasteiger partial charge in [0.25, 0.3) is 0 Å². The first kappa shape index (κ1) is 15.3. The summed E-state index contributed by atoms with van der Waals surface area (Å²) in [6.45, 7) is 8.91. The van der Waals surface area contributed by atoms with Gasteiger partial charge in [0.2, 0.25) is 6.79 Å². The molecule has 1 aromatic heterocycles. The van der Waals surface area contributed by atoms with E-state index in [1.807, 2.05) is 12.1 Å². The number of fused-ring (bicyclic) bond motifs is 1. The average Bonchev–Trinajstić information content (AvgIpc) is 3.08. The van der Waals surface area contributed by atoms with Gasteiger partial charge in [-0.3, -0.25) is 0 Å². The molecule has 1 aromatic carbocycles. The second-order valence-electron chi connectivity index (χ2n) is 5.93. The fourth-order valence-corrected chi connectivity index (χ4v) is 3.41. The first-order valence-corrected chi connectivity index (χ1v) is 8.52. The van der Waals surface area contributed by atoms with E-state index in [0.717, 1.165) is 42.3 Å². The van der Waals surface area contributed by atoms with Gasteiger partial charge in [0.1, 0.15) is 0 Å². The van der Waals surface area contributed by atoms with Gasteiger partial charge >= 0.3 is 0 Å². The second kappa shape index (κ2) is 6.67. The van der Waals surface area contributed by atoms with Gasteiger partial charge in [0.05, 0.1) is 10.7 Å². The SMILES string of the molecule is Cc1sc(CCNCC(C)C)nc1-c1ccc2c(c1)OCO2. The van der Waals surface area contributed by atoms with E-state index in [-0.39, 0.29) is 0 Å². The molecule has 0 aliphatic carbocycles. The minimum absolute atomic E-state index is 0.307. The minimum Gasteiger partial charge on any atom is -0.454 e. The maximum atomic E-state index is 5.45. The molecule has 1 aliphatic rings. The van der Waals surface area contributed by atoms with Gasteiger partial charge in [0.15, 0.2) is 11.5 Å². The number of rotatable bonds is 6. The predicted octanol–water partition coefficient (Wildman–Crippen LogP) is 3.64. The Kier molecular flexibility index (Phi) is 4.64. The third-order valence-corrected chi connectivity index (χ3v) is 4.59. The normalized spacial score (nSPS) is 13.1. The van der Waals surface area contributed by atoms with Crippen LogP contribution >= 0.6 is 11.3 Å². The second-order valence-corrected chi connectivity index (χ2v) is 7.22. The maximum Gasteiger partial charge on any atom is 0.231 e. The third-order valence-electron chi connectivity index (χ3n) is 3.56. The Morgan fingerprint density at radius 3 is 2.91 bits per heavy atom. The van der Waals surface area contributed by atoms with E-state index in [2.05, 4.69) is 32.2 Å². The van der Waals surface area contributed by atoms with Gasteiger partial charge in [-0.2, -0.15) is 0 Å². The molecule has 1 aliphatic heterocycles. The van der Waals surface area contributed by atoms with Crippen molar-refractivity contribution < 1.29 is 9.47 Å². The third kappa shape index (κ3) is 3.42. The summed E-state index contributed by atoms with van der Waals surface area (Å²) in [6.07, 6.45) is 0.975. The van der Waals surface area contributed by atoms with Crippen molar-refractivity contribution in [2.24, 2.45) is 5.92 Å². The Balaban J connectivity index is 1.69. The van der Waals surface area contributed by atoms with Crippen LogP contribution in [0.1, 0.15) is 23.7 Å². The summed E-state index contributed by atoms with van der Waals surface area (Å²) in [5, 5.41) is 4.65. The zero-order valence-electron chi connectivity index (χ0n) is 13.3. The molecular formula is C17H22N2O2S. The number of aryl methyl sites for hydroxylation is 1. The number of hydrogen-bond acceptors (Lipinski definition) is 5. The predicted molar refractivity (Wildman–Crippen MR) is 89.8 cm³/mol. The largest absolute Gasteiger partial charge is 0.454 e. The maximum absolute atomic E-state index is 5.45. The average molecular weight is 318 g/mol. The zero-order chi connectivity index (χ0) is 15.5. The Labute approximate surface area is 135 Å². The van der Waals surface area contributed by atoms with Crippen molar-refractivity contribution in [1.82, 2.24) is 10.3 Å². The molecule has 0 unspecified atom stereocenters. The van der Waals surface area contributed by atoms with E-state index in [0.29, 0.717) is 12.7 Å².